The average Bonchev–Trinajstić information content (AvgIpc) is 2.81. The lowest BCUT2D eigenvalue weighted by Gasteiger charge is -2.05. The van der Waals surface area contributed by atoms with Gasteiger partial charge >= 0.3 is 0 Å². The van der Waals surface area contributed by atoms with Crippen molar-refractivity contribution in [3.05, 3.63) is 47.6 Å². The summed E-state index contributed by atoms with van der Waals surface area (Å²) in [6, 6.07) is 9.77. The summed E-state index contributed by atoms with van der Waals surface area (Å²) in [6.45, 7) is 0. The monoisotopic (exact) mass is 229 g/mol. The maximum Gasteiger partial charge on any atom is 0.277 e. The first-order valence-electron chi connectivity index (χ1n) is 4.90. The van der Waals surface area contributed by atoms with Crippen LogP contribution in [-0.4, -0.2) is 11.2 Å². The van der Waals surface area contributed by atoms with E-state index in [9.17, 15) is 0 Å². The maximum atomic E-state index is 6.17. The van der Waals surface area contributed by atoms with Gasteiger partial charge in [0.2, 0.25) is 5.82 Å². The third-order valence-electron chi connectivity index (χ3n) is 2.38. The lowest BCUT2D eigenvalue weighted by Crippen LogP contribution is -2.16. The van der Waals surface area contributed by atoms with Crippen LogP contribution in [-0.2, 0) is 0 Å². The topological polar surface area (TPSA) is 30.2 Å². The fourth-order valence-corrected chi connectivity index (χ4v) is 1.88. The Morgan fingerprint density at radius 2 is 2.12 bits per heavy atom. The molecule has 0 bridgehead atoms. The molecule has 3 rings (SSSR count). The number of aromatic nitrogens is 1. The molecule has 0 saturated carbocycles. The number of nitrogens with zero attached hydrogens (tertiary/aromatic N) is 3. The van der Waals surface area contributed by atoms with Crippen LogP contribution in [0.15, 0.2) is 42.6 Å². The van der Waals surface area contributed by atoms with Gasteiger partial charge in [0.15, 0.2) is 5.10 Å². The third-order valence-corrected chi connectivity index (χ3v) is 2.66. The molecule has 0 aliphatic carbocycles. The molecular formula is C12H8ClN3+. The average molecular weight is 230 g/mol. The van der Waals surface area contributed by atoms with Crippen molar-refractivity contribution < 1.29 is 0 Å². The van der Waals surface area contributed by atoms with Crippen LogP contribution in [0.3, 0.4) is 0 Å². The van der Waals surface area contributed by atoms with E-state index >= 15 is 0 Å². The van der Waals surface area contributed by atoms with Gasteiger partial charge in [-0.2, -0.15) is 0 Å². The normalized spacial score (nSPS) is 13.9. The molecule has 0 atom stereocenters. The molecule has 1 aliphatic heterocycles. The molecule has 1 aromatic carbocycles. The van der Waals surface area contributed by atoms with E-state index < -0.39 is 0 Å². The zero-order valence-electron chi connectivity index (χ0n) is 8.34. The lowest BCUT2D eigenvalue weighted by molar-refractivity contribution is 0.975. The molecule has 0 fully saturated rings. The Morgan fingerprint density at radius 3 is 2.94 bits per heavy atom. The minimum atomic E-state index is 0.599. The van der Waals surface area contributed by atoms with E-state index in [2.05, 4.69) is 10.1 Å². The van der Waals surface area contributed by atoms with Crippen molar-refractivity contribution >= 4 is 34.5 Å². The van der Waals surface area contributed by atoms with Gasteiger partial charge in [0, 0.05) is 11.5 Å². The Hall–Kier alpha value is -1.87. The molecule has 1 aliphatic rings. The number of benzene rings is 1. The molecule has 3 nitrogen and oxygen atoms in total. The van der Waals surface area contributed by atoms with Crippen LogP contribution in [0.2, 0.25) is 5.02 Å². The highest BCUT2D eigenvalue weighted by Gasteiger charge is 2.20. The molecular weight excluding hydrogens is 222 g/mol. The third kappa shape index (κ3) is 1.46. The summed E-state index contributed by atoms with van der Waals surface area (Å²) < 4.78 is 0. The number of halogens is 1. The largest absolute Gasteiger partial charge is 0.277 e. The van der Waals surface area contributed by atoms with Crippen LogP contribution in [0.25, 0.3) is 10.9 Å². The maximum absolute atomic E-state index is 6.17. The van der Waals surface area contributed by atoms with Crippen LogP contribution in [0.4, 0.5) is 5.82 Å². The van der Waals surface area contributed by atoms with E-state index in [4.69, 9.17) is 11.6 Å². The van der Waals surface area contributed by atoms with Crippen molar-refractivity contribution in [1.82, 2.24) is 10.1 Å². The SMILES string of the molecule is Clc1cc2ccccc2nc1N1C=CC=[N+]1. The van der Waals surface area contributed by atoms with Gasteiger partial charge in [-0.15, -0.1) is 0 Å². The van der Waals surface area contributed by atoms with E-state index in [1.165, 1.54) is 0 Å². The van der Waals surface area contributed by atoms with Crippen LogP contribution >= 0.6 is 11.6 Å². The van der Waals surface area contributed by atoms with Gasteiger partial charge in [-0.25, -0.2) is 4.98 Å². The van der Waals surface area contributed by atoms with Gasteiger partial charge in [-0.1, -0.05) is 29.8 Å². The number of fused-ring (bicyclic) bond motifs is 1. The molecule has 2 aromatic rings. The second kappa shape index (κ2) is 3.61. The van der Waals surface area contributed by atoms with Crippen LogP contribution < -0.4 is 10.1 Å². The first-order chi connectivity index (χ1) is 7.84. The second-order valence-corrected chi connectivity index (χ2v) is 3.84. The molecule has 77 valence electrons. The standard InChI is InChI=1S/C12H8ClN3/c13-10-8-9-4-1-2-5-11(9)15-12(10)16-7-3-6-14-16/h1-8H/q+1. The minimum absolute atomic E-state index is 0.599. The first-order valence-corrected chi connectivity index (χ1v) is 5.28. The number of hydrogen-bond acceptors (Lipinski definition) is 3. The molecule has 0 N–H and O–H groups in total. The summed E-state index contributed by atoms with van der Waals surface area (Å²) in [7, 11) is 0. The van der Waals surface area contributed by atoms with Crippen LogP contribution in [0, 0.1) is 0 Å². The van der Waals surface area contributed by atoms with Gasteiger partial charge in [-0.05, 0) is 17.1 Å². The van der Waals surface area contributed by atoms with E-state index in [-0.39, 0.29) is 0 Å². The molecule has 16 heavy (non-hydrogen) atoms. The zero-order valence-corrected chi connectivity index (χ0v) is 9.09. The van der Waals surface area contributed by atoms with Crippen molar-refractivity contribution in [2.24, 2.45) is 0 Å². The number of anilines is 1. The quantitative estimate of drug-likeness (QED) is 0.752. The fraction of sp³-hybridized carbons (Fsp3) is 0. The predicted molar refractivity (Wildman–Crippen MR) is 66.6 cm³/mol. The predicted octanol–water partition coefficient (Wildman–Crippen LogP) is 2.54. The number of pyridine rings is 1. The van der Waals surface area contributed by atoms with Gasteiger partial charge in [-0.3, -0.25) is 0 Å². The summed E-state index contributed by atoms with van der Waals surface area (Å²) in [6.07, 6.45) is 5.36. The molecule has 4 heteroatoms. The van der Waals surface area contributed by atoms with Gasteiger partial charge in [0.05, 0.1) is 16.7 Å². The van der Waals surface area contributed by atoms with Crippen molar-refractivity contribution in [2.45, 2.75) is 0 Å². The molecule has 2 heterocycles. The molecule has 0 spiro atoms. The molecule has 1 aromatic heterocycles. The Bertz CT molecular complexity index is 592. The van der Waals surface area contributed by atoms with Crippen molar-refractivity contribution in [3.63, 3.8) is 0 Å². The Morgan fingerprint density at radius 1 is 1.25 bits per heavy atom. The van der Waals surface area contributed by atoms with E-state index in [0.29, 0.717) is 10.8 Å². The van der Waals surface area contributed by atoms with Gasteiger partial charge < -0.3 is 0 Å². The van der Waals surface area contributed by atoms with Crippen LogP contribution in [0.1, 0.15) is 0 Å². The minimum Gasteiger partial charge on any atom is -0.224 e. The van der Waals surface area contributed by atoms with Crippen molar-refractivity contribution in [2.75, 3.05) is 5.01 Å². The summed E-state index contributed by atoms with van der Waals surface area (Å²) in [5.41, 5.74) is 0.914. The summed E-state index contributed by atoms with van der Waals surface area (Å²) in [5, 5.41) is 7.42. The smallest absolute Gasteiger partial charge is 0.224 e. The number of hydrogen-bond donors (Lipinski definition) is 0. The fourth-order valence-electron chi connectivity index (χ4n) is 1.63. The first kappa shape index (κ1) is 9.36. The summed E-state index contributed by atoms with van der Waals surface area (Å²) in [5.74, 6) is 0.658. The van der Waals surface area contributed by atoms with Crippen molar-refractivity contribution in [3.8, 4) is 0 Å². The highest BCUT2D eigenvalue weighted by atomic mass is 35.5. The lowest BCUT2D eigenvalue weighted by atomic mass is 10.2. The van der Waals surface area contributed by atoms with Gasteiger partial charge in [0.1, 0.15) is 0 Å². The van der Waals surface area contributed by atoms with E-state index in [0.717, 1.165) is 10.9 Å². The Kier molecular flexibility index (Phi) is 2.11. The van der Waals surface area contributed by atoms with E-state index in [1.807, 2.05) is 42.6 Å². The number of hydrazone groups is 1. The van der Waals surface area contributed by atoms with Gasteiger partial charge in [0.25, 0.3) is 6.21 Å². The zero-order chi connectivity index (χ0) is 11.0. The van der Waals surface area contributed by atoms with E-state index in [1.54, 1.807) is 11.2 Å². The van der Waals surface area contributed by atoms with Crippen molar-refractivity contribution in [1.29, 1.82) is 0 Å². The number of allylic oxidation sites excluding steroid dienone is 1. The molecule has 0 saturated heterocycles. The molecule has 0 amide bonds. The highest BCUT2D eigenvalue weighted by molar-refractivity contribution is 6.33. The number of rotatable bonds is 1. The Balaban J connectivity index is 2.21. The Labute approximate surface area is 97.7 Å². The second-order valence-electron chi connectivity index (χ2n) is 3.44. The molecule has 0 unspecified atom stereocenters. The summed E-state index contributed by atoms with van der Waals surface area (Å²) >= 11 is 6.17. The highest BCUT2D eigenvalue weighted by Crippen LogP contribution is 2.27. The summed E-state index contributed by atoms with van der Waals surface area (Å²) in [4.78, 5) is 4.49. The molecule has 1 radical (unpaired) electrons. The van der Waals surface area contributed by atoms with Crippen LogP contribution in [0.5, 0.6) is 0 Å². The number of para-hydroxylation sites is 1.